The van der Waals surface area contributed by atoms with Crippen molar-refractivity contribution in [2.75, 3.05) is 6.61 Å². The van der Waals surface area contributed by atoms with Crippen molar-refractivity contribution < 1.29 is 19.7 Å². The van der Waals surface area contributed by atoms with Gasteiger partial charge in [0, 0.05) is 6.61 Å². The molecule has 0 aliphatic rings. The van der Waals surface area contributed by atoms with Crippen LogP contribution in [0.5, 0.6) is 11.5 Å². The Bertz CT molecular complexity index is 608. The van der Waals surface area contributed by atoms with Crippen molar-refractivity contribution in [2.45, 2.75) is 19.8 Å². The summed E-state index contributed by atoms with van der Waals surface area (Å²) in [4.78, 5) is 0. The predicted octanol–water partition coefficient (Wildman–Crippen LogP) is 3.34. The first-order valence-corrected chi connectivity index (χ1v) is 7.16. The number of phenolic OH excluding ortho intramolecular Hbond substituents is 1. The Morgan fingerprint density at radius 1 is 1.14 bits per heavy atom. The van der Waals surface area contributed by atoms with E-state index in [-0.39, 0.29) is 5.75 Å². The molecule has 2 aromatic carbocycles. The molecular formula is C18H20O4. The highest BCUT2D eigenvalue weighted by molar-refractivity contribution is 5.55. The summed E-state index contributed by atoms with van der Waals surface area (Å²) in [6.07, 6.45) is 2.32. The van der Waals surface area contributed by atoms with Gasteiger partial charge < -0.3 is 19.7 Å². The van der Waals surface area contributed by atoms with Gasteiger partial charge in [0.15, 0.2) is 17.8 Å². The molecular weight excluding hydrogens is 280 g/mol. The number of benzene rings is 2. The normalized spacial score (nSPS) is 12.5. The largest absolute Gasteiger partial charge is 0.504 e. The third kappa shape index (κ3) is 4.91. The van der Waals surface area contributed by atoms with Gasteiger partial charge in [0.25, 0.3) is 0 Å². The molecule has 0 heterocycles. The third-order valence-corrected chi connectivity index (χ3v) is 3.01. The topological polar surface area (TPSA) is 58.9 Å². The van der Waals surface area contributed by atoms with Gasteiger partial charge in [-0.2, -0.15) is 0 Å². The standard InChI is InChI=1S/C18H20O4/c1-2-21-18(20)11-9-14-8-10-16(19)17(12-14)22-13-15-6-4-3-5-7-15/h3-12,18-20H,2,13H2,1H3/b11-9+. The van der Waals surface area contributed by atoms with Crippen LogP contribution < -0.4 is 4.74 Å². The van der Waals surface area contributed by atoms with Crippen LogP contribution in [0.25, 0.3) is 6.08 Å². The molecule has 0 saturated heterocycles. The van der Waals surface area contributed by atoms with Crippen LogP contribution >= 0.6 is 0 Å². The highest BCUT2D eigenvalue weighted by Gasteiger charge is 2.04. The van der Waals surface area contributed by atoms with Gasteiger partial charge in [-0.1, -0.05) is 42.5 Å². The lowest BCUT2D eigenvalue weighted by Gasteiger charge is -2.09. The van der Waals surface area contributed by atoms with E-state index in [1.807, 2.05) is 37.3 Å². The van der Waals surface area contributed by atoms with Crippen molar-refractivity contribution in [3.63, 3.8) is 0 Å². The fourth-order valence-corrected chi connectivity index (χ4v) is 1.91. The second-order valence-corrected chi connectivity index (χ2v) is 4.71. The summed E-state index contributed by atoms with van der Waals surface area (Å²) >= 11 is 0. The summed E-state index contributed by atoms with van der Waals surface area (Å²) in [7, 11) is 0. The molecule has 4 heteroatoms. The summed E-state index contributed by atoms with van der Waals surface area (Å²) < 4.78 is 10.7. The van der Waals surface area contributed by atoms with Gasteiger partial charge >= 0.3 is 0 Å². The van der Waals surface area contributed by atoms with Crippen molar-refractivity contribution in [1.82, 2.24) is 0 Å². The zero-order valence-corrected chi connectivity index (χ0v) is 12.5. The molecule has 0 bridgehead atoms. The third-order valence-electron chi connectivity index (χ3n) is 3.01. The lowest BCUT2D eigenvalue weighted by atomic mass is 10.2. The highest BCUT2D eigenvalue weighted by Crippen LogP contribution is 2.28. The zero-order valence-electron chi connectivity index (χ0n) is 12.5. The zero-order chi connectivity index (χ0) is 15.8. The Hall–Kier alpha value is -2.30. The smallest absolute Gasteiger partial charge is 0.174 e. The summed E-state index contributed by atoms with van der Waals surface area (Å²) in [5.41, 5.74) is 1.83. The molecule has 0 radical (unpaired) electrons. The van der Waals surface area contributed by atoms with E-state index in [2.05, 4.69) is 0 Å². The lowest BCUT2D eigenvalue weighted by molar-refractivity contribution is -0.0581. The second kappa shape index (κ2) is 8.22. The summed E-state index contributed by atoms with van der Waals surface area (Å²) in [5.74, 6) is 0.482. The molecule has 0 aromatic heterocycles. The number of aliphatic hydroxyl groups excluding tert-OH is 1. The molecule has 0 spiro atoms. The summed E-state index contributed by atoms with van der Waals surface area (Å²) in [5, 5.41) is 19.3. The van der Waals surface area contributed by atoms with E-state index >= 15 is 0 Å². The van der Waals surface area contributed by atoms with Crippen LogP contribution in [0.4, 0.5) is 0 Å². The first-order valence-electron chi connectivity index (χ1n) is 7.16. The SMILES string of the molecule is CCOC(O)/C=C/c1ccc(O)c(OCc2ccccc2)c1. The molecule has 1 unspecified atom stereocenters. The van der Waals surface area contributed by atoms with E-state index in [1.54, 1.807) is 24.3 Å². The molecule has 0 aliphatic carbocycles. The minimum absolute atomic E-state index is 0.0819. The van der Waals surface area contributed by atoms with Crippen LogP contribution in [0.1, 0.15) is 18.1 Å². The lowest BCUT2D eigenvalue weighted by Crippen LogP contribution is -2.07. The number of hydrogen-bond donors (Lipinski definition) is 2. The Labute approximate surface area is 130 Å². The van der Waals surface area contributed by atoms with Gasteiger partial charge in [-0.3, -0.25) is 0 Å². The first-order chi connectivity index (χ1) is 10.7. The molecule has 2 aromatic rings. The number of hydrogen-bond acceptors (Lipinski definition) is 4. The molecule has 4 nitrogen and oxygen atoms in total. The number of aliphatic hydroxyl groups is 1. The van der Waals surface area contributed by atoms with Crippen LogP contribution in [0, 0.1) is 0 Å². The van der Waals surface area contributed by atoms with E-state index in [1.165, 1.54) is 6.08 Å². The van der Waals surface area contributed by atoms with Crippen molar-refractivity contribution in [3.8, 4) is 11.5 Å². The van der Waals surface area contributed by atoms with Crippen molar-refractivity contribution in [3.05, 3.63) is 65.7 Å². The molecule has 2 N–H and O–H groups in total. The molecule has 0 aliphatic heterocycles. The van der Waals surface area contributed by atoms with Crippen LogP contribution in [0.2, 0.25) is 0 Å². The predicted molar refractivity (Wildman–Crippen MR) is 85.5 cm³/mol. The molecule has 2 rings (SSSR count). The fraction of sp³-hybridized carbons (Fsp3) is 0.222. The van der Waals surface area contributed by atoms with Crippen molar-refractivity contribution in [1.29, 1.82) is 0 Å². The maximum atomic E-state index is 9.85. The molecule has 22 heavy (non-hydrogen) atoms. The Balaban J connectivity index is 2.03. The van der Waals surface area contributed by atoms with Crippen molar-refractivity contribution >= 4 is 6.08 Å². The Morgan fingerprint density at radius 2 is 1.91 bits per heavy atom. The maximum Gasteiger partial charge on any atom is 0.174 e. The van der Waals surface area contributed by atoms with E-state index < -0.39 is 6.29 Å². The monoisotopic (exact) mass is 300 g/mol. The van der Waals surface area contributed by atoms with Gasteiger partial charge in [0.2, 0.25) is 0 Å². The number of aromatic hydroxyl groups is 1. The van der Waals surface area contributed by atoms with Crippen LogP contribution in [-0.4, -0.2) is 23.1 Å². The quantitative estimate of drug-likeness (QED) is 0.770. The highest BCUT2D eigenvalue weighted by atomic mass is 16.6. The molecule has 1 atom stereocenters. The Morgan fingerprint density at radius 3 is 2.64 bits per heavy atom. The van der Waals surface area contributed by atoms with E-state index in [4.69, 9.17) is 9.47 Å². The number of rotatable bonds is 7. The van der Waals surface area contributed by atoms with Crippen LogP contribution in [-0.2, 0) is 11.3 Å². The summed E-state index contributed by atoms with van der Waals surface area (Å²) in [6.45, 7) is 2.63. The maximum absolute atomic E-state index is 9.85. The second-order valence-electron chi connectivity index (χ2n) is 4.71. The van der Waals surface area contributed by atoms with Gasteiger partial charge in [0.05, 0.1) is 0 Å². The average Bonchev–Trinajstić information content (AvgIpc) is 2.54. The first kappa shape index (κ1) is 16.1. The van der Waals surface area contributed by atoms with Crippen LogP contribution in [0.3, 0.4) is 0 Å². The van der Waals surface area contributed by atoms with Crippen molar-refractivity contribution in [2.24, 2.45) is 0 Å². The summed E-state index contributed by atoms with van der Waals surface area (Å²) in [6, 6.07) is 14.7. The number of ether oxygens (including phenoxy) is 2. The molecule has 0 amide bonds. The average molecular weight is 300 g/mol. The minimum atomic E-state index is -0.938. The van der Waals surface area contributed by atoms with E-state index in [0.717, 1.165) is 11.1 Å². The van der Waals surface area contributed by atoms with Gasteiger partial charge in [-0.25, -0.2) is 0 Å². The van der Waals surface area contributed by atoms with Gasteiger partial charge in [-0.15, -0.1) is 0 Å². The van der Waals surface area contributed by atoms with E-state index in [9.17, 15) is 10.2 Å². The molecule has 0 saturated carbocycles. The Kier molecular flexibility index (Phi) is 6.01. The number of phenols is 1. The van der Waals surface area contributed by atoms with Gasteiger partial charge in [0.1, 0.15) is 6.61 Å². The van der Waals surface area contributed by atoms with Crippen LogP contribution in [0.15, 0.2) is 54.6 Å². The molecule has 116 valence electrons. The molecule has 0 fully saturated rings. The fourth-order valence-electron chi connectivity index (χ4n) is 1.91. The van der Waals surface area contributed by atoms with E-state index in [0.29, 0.717) is 19.0 Å². The minimum Gasteiger partial charge on any atom is -0.504 e. The van der Waals surface area contributed by atoms with Gasteiger partial charge in [-0.05, 0) is 36.3 Å².